The standard InChI is InChI=1S/C41H44N2/c1-40(2,3)28-27-37(41(4,5)6)30-21-23-33(24-22-30)42(31-15-9-7-10-16-31)34-25-26-39-36(29-34)35-19-13-14-20-38(35)43(39)32-17-11-8-12-18-32/h7-26,29,37H,27-28H2,1-6H3. The molecule has 0 radical (unpaired) electrons. The van der Waals surface area contributed by atoms with Gasteiger partial charge < -0.3 is 9.47 Å². The molecule has 2 nitrogen and oxygen atoms in total. The number of anilines is 3. The Morgan fingerprint density at radius 2 is 1.12 bits per heavy atom. The number of benzene rings is 5. The molecule has 6 aromatic rings. The monoisotopic (exact) mass is 564 g/mol. The van der Waals surface area contributed by atoms with E-state index >= 15 is 0 Å². The molecule has 218 valence electrons. The van der Waals surface area contributed by atoms with Crippen LogP contribution in [0.4, 0.5) is 17.1 Å². The van der Waals surface area contributed by atoms with Gasteiger partial charge in [0, 0.05) is 33.5 Å². The maximum atomic E-state index is 2.39. The summed E-state index contributed by atoms with van der Waals surface area (Å²) in [6.45, 7) is 14.2. The van der Waals surface area contributed by atoms with Crippen LogP contribution >= 0.6 is 0 Å². The van der Waals surface area contributed by atoms with Crippen molar-refractivity contribution in [3.63, 3.8) is 0 Å². The van der Waals surface area contributed by atoms with Crippen molar-refractivity contribution in [2.45, 2.75) is 60.3 Å². The zero-order valence-electron chi connectivity index (χ0n) is 26.5. The van der Waals surface area contributed by atoms with Crippen molar-refractivity contribution in [2.75, 3.05) is 4.90 Å². The van der Waals surface area contributed by atoms with Gasteiger partial charge in [0.05, 0.1) is 11.0 Å². The van der Waals surface area contributed by atoms with Crippen LogP contribution in [0.2, 0.25) is 0 Å². The normalized spacial score (nSPS) is 13.0. The molecule has 1 aromatic heterocycles. The highest BCUT2D eigenvalue weighted by Crippen LogP contribution is 2.43. The van der Waals surface area contributed by atoms with E-state index in [9.17, 15) is 0 Å². The lowest BCUT2D eigenvalue weighted by atomic mass is 9.72. The van der Waals surface area contributed by atoms with E-state index in [0.29, 0.717) is 11.3 Å². The highest BCUT2D eigenvalue weighted by Gasteiger charge is 2.28. The predicted octanol–water partition coefficient (Wildman–Crippen LogP) is 12.2. The summed E-state index contributed by atoms with van der Waals surface area (Å²) in [7, 11) is 0. The highest BCUT2D eigenvalue weighted by atomic mass is 15.1. The molecule has 43 heavy (non-hydrogen) atoms. The Balaban J connectivity index is 1.46. The molecule has 1 atom stereocenters. The van der Waals surface area contributed by atoms with Crippen LogP contribution in [0.3, 0.4) is 0 Å². The van der Waals surface area contributed by atoms with Crippen molar-refractivity contribution in [1.82, 2.24) is 4.57 Å². The van der Waals surface area contributed by atoms with Crippen LogP contribution in [0.15, 0.2) is 127 Å². The van der Waals surface area contributed by atoms with Crippen LogP contribution in [0.1, 0.15) is 65.9 Å². The lowest BCUT2D eigenvalue weighted by Gasteiger charge is -2.34. The third-order valence-corrected chi connectivity index (χ3v) is 8.73. The summed E-state index contributed by atoms with van der Waals surface area (Å²) in [5.41, 5.74) is 9.05. The van der Waals surface area contributed by atoms with E-state index in [1.54, 1.807) is 0 Å². The molecule has 1 unspecified atom stereocenters. The molecule has 2 heteroatoms. The topological polar surface area (TPSA) is 8.17 Å². The minimum atomic E-state index is 0.198. The molecule has 0 amide bonds. The zero-order valence-corrected chi connectivity index (χ0v) is 26.5. The van der Waals surface area contributed by atoms with Gasteiger partial charge in [0.25, 0.3) is 0 Å². The molecule has 6 rings (SSSR count). The fraction of sp³-hybridized carbons (Fsp3) is 0.268. The number of hydrogen-bond donors (Lipinski definition) is 0. The smallest absolute Gasteiger partial charge is 0.0542 e. The average molecular weight is 565 g/mol. The first-order chi connectivity index (χ1) is 20.6. The van der Waals surface area contributed by atoms with Gasteiger partial charge in [-0.25, -0.2) is 0 Å². The molecule has 0 bridgehead atoms. The van der Waals surface area contributed by atoms with Crippen LogP contribution in [0, 0.1) is 10.8 Å². The van der Waals surface area contributed by atoms with Crippen LogP contribution < -0.4 is 4.90 Å². The Bertz CT molecular complexity index is 1820. The fourth-order valence-corrected chi connectivity index (χ4v) is 6.51. The molecule has 0 saturated carbocycles. The van der Waals surface area contributed by atoms with Crippen molar-refractivity contribution in [2.24, 2.45) is 10.8 Å². The quantitative estimate of drug-likeness (QED) is 0.187. The van der Waals surface area contributed by atoms with E-state index in [4.69, 9.17) is 0 Å². The maximum absolute atomic E-state index is 2.39. The Morgan fingerprint density at radius 1 is 0.558 bits per heavy atom. The fourth-order valence-electron chi connectivity index (χ4n) is 6.51. The molecule has 0 aliphatic carbocycles. The van der Waals surface area contributed by atoms with Crippen LogP contribution in [0.25, 0.3) is 27.5 Å². The van der Waals surface area contributed by atoms with Crippen molar-refractivity contribution >= 4 is 38.9 Å². The first kappa shape index (κ1) is 28.8. The summed E-state index contributed by atoms with van der Waals surface area (Å²) >= 11 is 0. The number of fused-ring (bicyclic) bond motifs is 3. The second kappa shape index (κ2) is 11.4. The van der Waals surface area contributed by atoms with E-state index in [0.717, 1.165) is 11.4 Å². The van der Waals surface area contributed by atoms with E-state index in [2.05, 4.69) is 178 Å². The number of aromatic nitrogens is 1. The Morgan fingerprint density at radius 3 is 1.77 bits per heavy atom. The van der Waals surface area contributed by atoms with Gasteiger partial charge >= 0.3 is 0 Å². The summed E-state index contributed by atoms with van der Waals surface area (Å²) in [6, 6.07) is 46.4. The second-order valence-electron chi connectivity index (χ2n) is 14.2. The molecule has 0 aliphatic rings. The zero-order chi connectivity index (χ0) is 30.2. The molecule has 0 N–H and O–H groups in total. The van der Waals surface area contributed by atoms with Crippen molar-refractivity contribution in [3.05, 3.63) is 133 Å². The summed E-state index contributed by atoms with van der Waals surface area (Å²) in [4.78, 5) is 2.39. The summed E-state index contributed by atoms with van der Waals surface area (Å²) < 4.78 is 2.38. The molecular weight excluding hydrogens is 520 g/mol. The Kier molecular flexibility index (Phi) is 7.65. The summed E-state index contributed by atoms with van der Waals surface area (Å²) in [5.74, 6) is 0.506. The predicted molar refractivity (Wildman–Crippen MR) is 186 cm³/mol. The van der Waals surface area contributed by atoms with Gasteiger partial charge in [0.15, 0.2) is 0 Å². The van der Waals surface area contributed by atoms with Gasteiger partial charge in [-0.15, -0.1) is 0 Å². The second-order valence-corrected chi connectivity index (χ2v) is 14.2. The van der Waals surface area contributed by atoms with Gasteiger partial charge in [0.2, 0.25) is 0 Å². The average Bonchev–Trinajstić information content (AvgIpc) is 3.32. The van der Waals surface area contributed by atoms with Crippen LogP contribution in [-0.4, -0.2) is 4.57 Å². The molecule has 1 heterocycles. The van der Waals surface area contributed by atoms with Gasteiger partial charge in [-0.1, -0.05) is 108 Å². The van der Waals surface area contributed by atoms with Crippen LogP contribution in [0.5, 0.6) is 0 Å². The lowest BCUT2D eigenvalue weighted by molar-refractivity contribution is 0.260. The largest absolute Gasteiger partial charge is 0.310 e. The van der Waals surface area contributed by atoms with Crippen LogP contribution in [-0.2, 0) is 0 Å². The number of hydrogen-bond acceptors (Lipinski definition) is 1. The number of nitrogens with zero attached hydrogens (tertiary/aromatic N) is 2. The van der Waals surface area contributed by atoms with Crippen molar-refractivity contribution < 1.29 is 0 Å². The van der Waals surface area contributed by atoms with Crippen molar-refractivity contribution in [3.8, 4) is 5.69 Å². The molecule has 0 aliphatic heterocycles. The summed E-state index contributed by atoms with van der Waals surface area (Å²) in [5, 5.41) is 2.52. The van der Waals surface area contributed by atoms with Gasteiger partial charge in [0.1, 0.15) is 0 Å². The van der Waals surface area contributed by atoms with E-state index in [1.807, 2.05) is 0 Å². The third-order valence-electron chi connectivity index (χ3n) is 8.73. The van der Waals surface area contributed by atoms with Crippen molar-refractivity contribution in [1.29, 1.82) is 0 Å². The molecule has 5 aromatic carbocycles. The highest BCUT2D eigenvalue weighted by molar-refractivity contribution is 6.10. The molecule has 0 saturated heterocycles. The first-order valence-corrected chi connectivity index (χ1v) is 15.6. The Labute approximate surface area is 257 Å². The Hall–Kier alpha value is -4.30. The third kappa shape index (κ3) is 5.97. The number of rotatable bonds is 7. The van der Waals surface area contributed by atoms with Gasteiger partial charge in [-0.2, -0.15) is 0 Å². The maximum Gasteiger partial charge on any atom is 0.0542 e. The van der Waals surface area contributed by atoms with E-state index in [1.165, 1.54) is 51.6 Å². The molecule has 0 spiro atoms. The lowest BCUT2D eigenvalue weighted by Crippen LogP contribution is -2.20. The minimum Gasteiger partial charge on any atom is -0.310 e. The minimum absolute atomic E-state index is 0.198. The molecular formula is C41H44N2. The first-order valence-electron chi connectivity index (χ1n) is 15.6. The number of para-hydroxylation sites is 3. The molecule has 0 fully saturated rings. The van der Waals surface area contributed by atoms with E-state index in [-0.39, 0.29) is 5.41 Å². The SMILES string of the molecule is CC(C)(C)CCC(c1ccc(N(c2ccccc2)c2ccc3c(c2)c2ccccc2n3-c2ccccc2)cc1)C(C)(C)C. The van der Waals surface area contributed by atoms with Gasteiger partial charge in [-0.3, -0.25) is 0 Å². The summed E-state index contributed by atoms with van der Waals surface area (Å²) in [6.07, 6.45) is 2.40. The van der Waals surface area contributed by atoms with E-state index < -0.39 is 0 Å². The van der Waals surface area contributed by atoms with Gasteiger partial charge in [-0.05, 0) is 95.8 Å².